The van der Waals surface area contributed by atoms with Crippen LogP contribution in [0.2, 0.25) is 0 Å². The van der Waals surface area contributed by atoms with Gasteiger partial charge < -0.3 is 10.6 Å². The van der Waals surface area contributed by atoms with Crippen LogP contribution in [0.4, 0.5) is 5.69 Å². The first kappa shape index (κ1) is 18.5. The smallest absolute Gasteiger partial charge is 0.287 e. The van der Waals surface area contributed by atoms with Crippen LogP contribution in [0.3, 0.4) is 0 Å². The summed E-state index contributed by atoms with van der Waals surface area (Å²) >= 11 is 0. The van der Waals surface area contributed by atoms with E-state index in [2.05, 4.69) is 34.9 Å². The topological polar surface area (TPSA) is 45.7 Å². The lowest BCUT2D eigenvalue weighted by molar-refractivity contribution is -0.723. The van der Waals surface area contributed by atoms with E-state index in [1.165, 1.54) is 23.1 Å². The lowest BCUT2D eigenvalue weighted by Gasteiger charge is -2.27. The molecule has 0 saturated heterocycles. The molecular weight excluding hydrogens is 344 g/mol. The number of hydrogen-bond donors (Lipinski definition) is 2. The van der Waals surface area contributed by atoms with Gasteiger partial charge in [-0.3, -0.25) is 4.79 Å². The van der Waals surface area contributed by atoms with Crippen molar-refractivity contribution in [2.75, 3.05) is 5.32 Å². The fraction of sp³-hybridized carbons (Fsp3) is 0.240. The molecule has 0 bridgehead atoms. The molecule has 0 radical (unpaired) electrons. The van der Waals surface area contributed by atoms with Crippen LogP contribution >= 0.6 is 0 Å². The number of amides is 1. The average molecular weight is 372 g/mol. The first-order valence-corrected chi connectivity index (χ1v) is 10.1. The second-order valence-electron chi connectivity index (χ2n) is 7.63. The van der Waals surface area contributed by atoms with Gasteiger partial charge in [-0.1, -0.05) is 72.3 Å². The molecule has 1 aliphatic rings. The number of quaternary nitrogens is 1. The number of nitrogens with one attached hydrogen (secondary N) is 1. The monoisotopic (exact) mass is 371 g/mol. The molecule has 3 nitrogen and oxygen atoms in total. The molecule has 2 atom stereocenters. The van der Waals surface area contributed by atoms with E-state index < -0.39 is 0 Å². The molecule has 28 heavy (non-hydrogen) atoms. The zero-order valence-corrected chi connectivity index (χ0v) is 16.3. The lowest BCUT2D eigenvalue weighted by atomic mass is 9.87. The molecule has 3 N–H and O–H groups in total. The first-order chi connectivity index (χ1) is 13.7. The van der Waals surface area contributed by atoms with Crippen LogP contribution in [-0.2, 0) is 11.2 Å². The molecular formula is C25H27N2O+. The number of hydrogen-bond acceptors (Lipinski definition) is 1. The highest BCUT2D eigenvalue weighted by Gasteiger charge is 2.31. The number of aryl methyl sites for hydroxylation is 2. The molecule has 0 unspecified atom stereocenters. The summed E-state index contributed by atoms with van der Waals surface area (Å²) in [6.07, 6.45) is 3.39. The van der Waals surface area contributed by atoms with Crippen molar-refractivity contribution >= 4 is 11.6 Å². The van der Waals surface area contributed by atoms with Crippen LogP contribution in [0, 0.1) is 6.92 Å². The highest BCUT2D eigenvalue weighted by atomic mass is 16.2. The molecule has 3 aromatic rings. The molecule has 3 heteroatoms. The van der Waals surface area contributed by atoms with Crippen LogP contribution in [-0.4, -0.2) is 5.91 Å². The standard InChI is InChI=1S/C25H26N2O/c1-18-14-16-21(17-15-18)26-25(28)24(20-9-3-2-4-10-20)27-23-13-7-11-19-8-5-6-12-22(19)23/h2-6,8-10,12,14-17,23-24,27H,7,11,13H2,1H3,(H,26,28)/p+1/t23-,24-/m1/s1. The van der Waals surface area contributed by atoms with Crippen molar-refractivity contribution in [3.8, 4) is 0 Å². The maximum atomic E-state index is 13.2. The molecule has 0 fully saturated rings. The second-order valence-corrected chi connectivity index (χ2v) is 7.63. The van der Waals surface area contributed by atoms with Gasteiger partial charge in [-0.25, -0.2) is 0 Å². The highest BCUT2D eigenvalue weighted by molar-refractivity contribution is 5.94. The van der Waals surface area contributed by atoms with Gasteiger partial charge >= 0.3 is 0 Å². The van der Waals surface area contributed by atoms with Gasteiger partial charge in [-0.2, -0.15) is 0 Å². The maximum absolute atomic E-state index is 13.2. The summed E-state index contributed by atoms with van der Waals surface area (Å²) in [7, 11) is 0. The van der Waals surface area contributed by atoms with E-state index in [0.717, 1.165) is 24.1 Å². The van der Waals surface area contributed by atoms with Crippen molar-refractivity contribution < 1.29 is 10.1 Å². The van der Waals surface area contributed by atoms with Crippen LogP contribution in [0.25, 0.3) is 0 Å². The first-order valence-electron chi connectivity index (χ1n) is 10.1. The number of benzene rings is 3. The SMILES string of the molecule is Cc1ccc(NC(=O)[C@H]([NH2+][C@@H]2CCCc3ccccc32)c2ccccc2)cc1. The van der Waals surface area contributed by atoms with E-state index in [9.17, 15) is 4.79 Å². The van der Waals surface area contributed by atoms with Gasteiger partial charge in [-0.05, 0) is 37.5 Å². The largest absolute Gasteiger partial charge is 0.326 e. The van der Waals surface area contributed by atoms with E-state index in [1.807, 2.05) is 61.5 Å². The summed E-state index contributed by atoms with van der Waals surface area (Å²) in [5, 5.41) is 5.36. The Morgan fingerprint density at radius 1 is 0.964 bits per heavy atom. The predicted octanol–water partition coefficient (Wildman–Crippen LogP) is 4.32. The van der Waals surface area contributed by atoms with Crippen molar-refractivity contribution in [1.29, 1.82) is 0 Å². The number of rotatable bonds is 5. The number of anilines is 1. The number of fused-ring (bicyclic) bond motifs is 1. The third kappa shape index (κ3) is 4.15. The predicted molar refractivity (Wildman–Crippen MR) is 113 cm³/mol. The molecule has 4 rings (SSSR count). The molecule has 0 heterocycles. The van der Waals surface area contributed by atoms with E-state index in [4.69, 9.17) is 0 Å². The maximum Gasteiger partial charge on any atom is 0.287 e. The van der Waals surface area contributed by atoms with Gasteiger partial charge in [0.25, 0.3) is 5.91 Å². The summed E-state index contributed by atoms with van der Waals surface area (Å²) in [6, 6.07) is 26.7. The Labute approximate surface area is 166 Å². The van der Waals surface area contributed by atoms with Crippen molar-refractivity contribution in [2.45, 2.75) is 38.3 Å². The van der Waals surface area contributed by atoms with Crippen LogP contribution in [0.15, 0.2) is 78.9 Å². The Hall–Kier alpha value is -2.91. The Morgan fingerprint density at radius 3 is 2.46 bits per heavy atom. The molecule has 0 aliphatic heterocycles. The molecule has 0 spiro atoms. The van der Waals surface area contributed by atoms with Gasteiger partial charge in [0.05, 0.1) is 0 Å². The highest BCUT2D eigenvalue weighted by Crippen LogP contribution is 2.28. The van der Waals surface area contributed by atoms with Crippen LogP contribution in [0.5, 0.6) is 0 Å². The van der Waals surface area contributed by atoms with E-state index in [0.29, 0.717) is 6.04 Å². The van der Waals surface area contributed by atoms with Crippen molar-refractivity contribution in [3.05, 3.63) is 101 Å². The fourth-order valence-electron chi connectivity index (χ4n) is 4.09. The Kier molecular flexibility index (Phi) is 5.54. The van der Waals surface area contributed by atoms with Gasteiger partial charge in [-0.15, -0.1) is 0 Å². The number of carbonyl (C=O) groups excluding carboxylic acids is 1. The van der Waals surface area contributed by atoms with Gasteiger partial charge in [0.15, 0.2) is 6.04 Å². The fourth-order valence-corrected chi connectivity index (χ4v) is 4.09. The zero-order valence-electron chi connectivity index (χ0n) is 16.3. The van der Waals surface area contributed by atoms with Crippen LogP contribution in [0.1, 0.15) is 47.2 Å². The quantitative estimate of drug-likeness (QED) is 0.689. The summed E-state index contributed by atoms with van der Waals surface area (Å²) < 4.78 is 0. The molecule has 142 valence electrons. The van der Waals surface area contributed by atoms with Gasteiger partial charge in [0, 0.05) is 23.2 Å². The second kappa shape index (κ2) is 8.41. The van der Waals surface area contributed by atoms with Crippen molar-refractivity contribution in [3.63, 3.8) is 0 Å². The van der Waals surface area contributed by atoms with Crippen molar-refractivity contribution in [2.24, 2.45) is 0 Å². The van der Waals surface area contributed by atoms with Crippen LogP contribution < -0.4 is 10.6 Å². The molecule has 1 amide bonds. The third-order valence-corrected chi connectivity index (χ3v) is 5.60. The Bertz CT molecular complexity index is 934. The minimum absolute atomic E-state index is 0.0260. The summed E-state index contributed by atoms with van der Waals surface area (Å²) in [5.41, 5.74) is 5.85. The summed E-state index contributed by atoms with van der Waals surface area (Å²) in [5.74, 6) is 0.0260. The Morgan fingerprint density at radius 2 is 1.68 bits per heavy atom. The Balaban J connectivity index is 1.60. The summed E-state index contributed by atoms with van der Waals surface area (Å²) in [4.78, 5) is 13.2. The molecule has 3 aromatic carbocycles. The van der Waals surface area contributed by atoms with Gasteiger partial charge in [0.2, 0.25) is 0 Å². The van der Waals surface area contributed by atoms with E-state index in [1.54, 1.807) is 0 Å². The van der Waals surface area contributed by atoms with Gasteiger partial charge in [0.1, 0.15) is 6.04 Å². The average Bonchev–Trinajstić information content (AvgIpc) is 2.74. The normalized spacial score (nSPS) is 16.8. The molecule has 0 saturated carbocycles. The number of carbonyl (C=O) groups is 1. The van der Waals surface area contributed by atoms with E-state index in [-0.39, 0.29) is 11.9 Å². The molecule has 0 aromatic heterocycles. The zero-order chi connectivity index (χ0) is 19.3. The van der Waals surface area contributed by atoms with E-state index >= 15 is 0 Å². The minimum atomic E-state index is -0.279. The lowest BCUT2D eigenvalue weighted by Crippen LogP contribution is -2.88. The third-order valence-electron chi connectivity index (χ3n) is 5.60. The number of nitrogens with two attached hydrogens (primary N) is 1. The summed E-state index contributed by atoms with van der Waals surface area (Å²) in [6.45, 7) is 2.05. The molecule has 1 aliphatic carbocycles. The van der Waals surface area contributed by atoms with Crippen molar-refractivity contribution in [1.82, 2.24) is 0 Å². The minimum Gasteiger partial charge on any atom is -0.326 e.